The van der Waals surface area contributed by atoms with Gasteiger partial charge >= 0.3 is 18.9 Å². The molecule has 1 aromatic heterocycles. The van der Waals surface area contributed by atoms with Crippen molar-refractivity contribution in [2.45, 2.75) is 56.8 Å². The Kier molecular flexibility index (Phi) is 8.10. The third-order valence-electron chi connectivity index (χ3n) is 6.47. The quantitative estimate of drug-likeness (QED) is 0.287. The topological polar surface area (TPSA) is 63.7 Å². The molecule has 2 atom stereocenters. The maximum Gasteiger partial charge on any atom is 0.574 e. The van der Waals surface area contributed by atoms with Gasteiger partial charge in [0.05, 0.1) is 17.6 Å². The molecule has 1 aliphatic heterocycles. The maximum atomic E-state index is 13.7. The van der Waals surface area contributed by atoms with Crippen LogP contribution in [-0.4, -0.2) is 29.7 Å². The van der Waals surface area contributed by atoms with Crippen molar-refractivity contribution in [1.82, 2.24) is 10.3 Å². The van der Waals surface area contributed by atoms with E-state index in [1.54, 1.807) is 13.8 Å². The Morgan fingerprint density at radius 3 is 2.00 bits per heavy atom. The van der Waals surface area contributed by atoms with E-state index in [1.165, 1.54) is 23.1 Å². The zero-order chi connectivity index (χ0) is 31.1. The van der Waals surface area contributed by atoms with Crippen LogP contribution in [0.1, 0.15) is 43.0 Å². The van der Waals surface area contributed by atoms with Gasteiger partial charge in [-0.1, -0.05) is 18.2 Å². The highest BCUT2D eigenvalue weighted by Crippen LogP contribution is 2.41. The summed E-state index contributed by atoms with van der Waals surface area (Å²) >= 11 is 0. The summed E-state index contributed by atoms with van der Waals surface area (Å²) in [7, 11) is 0. The number of nitrogens with one attached hydrogen (secondary N) is 1. The van der Waals surface area contributed by atoms with Gasteiger partial charge in [0.25, 0.3) is 0 Å². The average Bonchev–Trinajstić information content (AvgIpc) is 3.17. The molecular weight excluding hydrogens is 585 g/mol. The summed E-state index contributed by atoms with van der Waals surface area (Å²) in [5.41, 5.74) is -1.38. The summed E-state index contributed by atoms with van der Waals surface area (Å²) in [6.07, 6.45) is -13.5. The number of hydrogen-bond acceptors (Lipinski definition) is 5. The normalized spacial score (nSPS) is 18.4. The van der Waals surface area contributed by atoms with Crippen LogP contribution >= 0.6 is 0 Å². The summed E-state index contributed by atoms with van der Waals surface area (Å²) in [5.74, 6) is -1.85. The number of aromatic nitrogens is 1. The zero-order valence-corrected chi connectivity index (χ0v) is 21.7. The van der Waals surface area contributed by atoms with Crippen LogP contribution in [0.2, 0.25) is 0 Å². The molecule has 2 heterocycles. The number of pyridine rings is 1. The van der Waals surface area contributed by atoms with Gasteiger partial charge in [0, 0.05) is 23.5 Å². The van der Waals surface area contributed by atoms with E-state index in [-0.39, 0.29) is 17.7 Å². The van der Waals surface area contributed by atoms with E-state index in [2.05, 4.69) is 19.8 Å². The largest absolute Gasteiger partial charge is 0.574 e. The van der Waals surface area contributed by atoms with Crippen molar-refractivity contribution < 1.29 is 53.8 Å². The molecule has 2 unspecified atom stereocenters. The van der Waals surface area contributed by atoms with Crippen molar-refractivity contribution >= 4 is 11.6 Å². The van der Waals surface area contributed by atoms with Crippen LogP contribution in [0.25, 0.3) is 0 Å². The second kappa shape index (κ2) is 11.0. The highest BCUT2D eigenvalue weighted by molar-refractivity contribution is 6.00. The lowest BCUT2D eigenvalue weighted by Crippen LogP contribution is -2.47. The Morgan fingerprint density at radius 1 is 0.833 bits per heavy atom. The summed E-state index contributed by atoms with van der Waals surface area (Å²) in [6, 6.07) is 8.99. The van der Waals surface area contributed by atoms with E-state index in [0.29, 0.717) is 5.56 Å². The smallest absolute Gasteiger partial charge is 0.406 e. The number of anilines is 1. The van der Waals surface area contributed by atoms with Crippen LogP contribution in [0.15, 0.2) is 66.9 Å². The fraction of sp³-hybridized carbons (Fsp3) is 0.333. The molecule has 0 aliphatic carbocycles. The SMILES string of the molecule is CC(C)(NC1CC(c2cccc(OC(F)(F)F)c2)N(c2ccc(C(F)(F)F)cc2)C1=O)c1ccc(OC(F)(F)F)nc1. The molecule has 0 spiro atoms. The van der Waals surface area contributed by atoms with Gasteiger partial charge in [0.2, 0.25) is 11.8 Å². The number of amides is 1. The van der Waals surface area contributed by atoms with Gasteiger partial charge in [-0.05, 0) is 67.8 Å². The predicted octanol–water partition coefficient (Wildman–Crippen LogP) is 7.27. The molecule has 2 aromatic carbocycles. The van der Waals surface area contributed by atoms with Crippen LogP contribution < -0.4 is 19.7 Å². The molecule has 1 saturated heterocycles. The Morgan fingerprint density at radius 2 is 1.45 bits per heavy atom. The van der Waals surface area contributed by atoms with Crippen LogP contribution in [-0.2, 0) is 16.5 Å². The number of halogens is 9. The molecule has 226 valence electrons. The standard InChI is InChI=1S/C27H22F9N3O3/c1-24(2,17-8-11-22(37-14-17)42-27(34,35)36)38-20-13-21(15-4-3-5-19(12-15)41-26(31,32)33)39(23(20)40)18-9-6-16(7-10-18)25(28,29)30/h3-12,14,20-21,38H,13H2,1-2H3. The van der Waals surface area contributed by atoms with Crippen molar-refractivity contribution in [2.24, 2.45) is 0 Å². The first-order valence-corrected chi connectivity index (χ1v) is 12.2. The lowest BCUT2D eigenvalue weighted by atomic mass is 9.93. The predicted molar refractivity (Wildman–Crippen MR) is 130 cm³/mol. The van der Waals surface area contributed by atoms with Crippen molar-refractivity contribution in [1.29, 1.82) is 0 Å². The minimum Gasteiger partial charge on any atom is -0.406 e. The van der Waals surface area contributed by atoms with Crippen LogP contribution in [0.4, 0.5) is 45.2 Å². The monoisotopic (exact) mass is 607 g/mol. The van der Waals surface area contributed by atoms with Crippen LogP contribution in [0.3, 0.4) is 0 Å². The second-order valence-corrected chi connectivity index (χ2v) is 9.88. The molecule has 6 nitrogen and oxygen atoms in total. The minimum atomic E-state index is -4.99. The molecule has 1 aliphatic rings. The number of carbonyl (C=O) groups is 1. The summed E-state index contributed by atoms with van der Waals surface area (Å²) in [5, 5.41) is 3.09. The third-order valence-corrected chi connectivity index (χ3v) is 6.47. The van der Waals surface area contributed by atoms with Crippen LogP contribution in [0, 0.1) is 0 Å². The van der Waals surface area contributed by atoms with E-state index in [9.17, 15) is 44.3 Å². The van der Waals surface area contributed by atoms with Gasteiger partial charge < -0.3 is 14.4 Å². The summed E-state index contributed by atoms with van der Waals surface area (Å²) < 4.78 is 123. The van der Waals surface area contributed by atoms with E-state index < -0.39 is 59.6 Å². The number of benzene rings is 2. The molecule has 1 fully saturated rings. The maximum absolute atomic E-state index is 13.7. The fourth-order valence-corrected chi connectivity index (χ4v) is 4.64. The number of ether oxygens (including phenoxy) is 2. The first-order chi connectivity index (χ1) is 19.3. The third kappa shape index (κ3) is 7.43. The van der Waals surface area contributed by atoms with Gasteiger partial charge in [0.1, 0.15) is 5.75 Å². The van der Waals surface area contributed by atoms with E-state index in [1.807, 2.05) is 0 Å². The Balaban J connectivity index is 1.66. The lowest BCUT2D eigenvalue weighted by molar-refractivity contribution is -0.276. The number of hydrogen-bond donors (Lipinski definition) is 1. The molecular formula is C27H22F9N3O3. The molecule has 4 rings (SSSR count). The number of carbonyl (C=O) groups excluding carboxylic acids is 1. The van der Waals surface area contributed by atoms with Gasteiger partial charge in [-0.2, -0.15) is 13.2 Å². The Bertz CT molecular complexity index is 1400. The minimum absolute atomic E-state index is 0.0263. The van der Waals surface area contributed by atoms with Crippen molar-refractivity contribution in [3.05, 3.63) is 83.6 Å². The molecule has 0 radical (unpaired) electrons. The summed E-state index contributed by atoms with van der Waals surface area (Å²) in [6.45, 7) is 3.24. The number of alkyl halides is 9. The van der Waals surface area contributed by atoms with E-state index in [0.717, 1.165) is 48.7 Å². The molecule has 1 amide bonds. The highest BCUT2D eigenvalue weighted by Gasteiger charge is 2.44. The molecule has 1 N–H and O–H groups in total. The van der Waals surface area contributed by atoms with Gasteiger partial charge in [-0.15, -0.1) is 26.3 Å². The summed E-state index contributed by atoms with van der Waals surface area (Å²) in [4.78, 5) is 18.5. The van der Waals surface area contributed by atoms with Crippen LogP contribution in [0.5, 0.6) is 11.6 Å². The number of rotatable bonds is 7. The van der Waals surface area contributed by atoms with Crippen molar-refractivity contribution in [2.75, 3.05) is 4.90 Å². The van der Waals surface area contributed by atoms with Crippen molar-refractivity contribution in [3.8, 4) is 11.6 Å². The first kappa shape index (κ1) is 30.9. The van der Waals surface area contributed by atoms with Gasteiger partial charge in [0.15, 0.2) is 0 Å². The average molecular weight is 607 g/mol. The Labute approximate surface area is 233 Å². The Hall–Kier alpha value is -4.01. The van der Waals surface area contributed by atoms with Gasteiger partial charge in [-0.3, -0.25) is 10.1 Å². The van der Waals surface area contributed by atoms with Crippen molar-refractivity contribution in [3.63, 3.8) is 0 Å². The zero-order valence-electron chi connectivity index (χ0n) is 21.7. The van der Waals surface area contributed by atoms with E-state index in [4.69, 9.17) is 0 Å². The molecule has 42 heavy (non-hydrogen) atoms. The number of nitrogens with zero attached hydrogens (tertiary/aromatic N) is 2. The fourth-order valence-electron chi connectivity index (χ4n) is 4.64. The van der Waals surface area contributed by atoms with Gasteiger partial charge in [-0.25, -0.2) is 4.98 Å². The molecule has 3 aromatic rings. The molecule has 15 heteroatoms. The first-order valence-electron chi connectivity index (χ1n) is 12.2. The van der Waals surface area contributed by atoms with E-state index >= 15 is 0 Å². The highest BCUT2D eigenvalue weighted by atomic mass is 19.4. The molecule has 0 bridgehead atoms. The lowest BCUT2D eigenvalue weighted by Gasteiger charge is -2.30. The second-order valence-electron chi connectivity index (χ2n) is 9.88. The molecule has 0 saturated carbocycles.